The lowest BCUT2D eigenvalue weighted by molar-refractivity contribution is 0.306. The molecule has 0 spiro atoms. The van der Waals surface area contributed by atoms with E-state index in [0.29, 0.717) is 6.61 Å². The van der Waals surface area contributed by atoms with Gasteiger partial charge in [-0.2, -0.15) is 5.10 Å². The van der Waals surface area contributed by atoms with Crippen molar-refractivity contribution in [2.45, 2.75) is 6.61 Å². The van der Waals surface area contributed by atoms with Gasteiger partial charge in [0.1, 0.15) is 23.9 Å². The van der Waals surface area contributed by atoms with Crippen LogP contribution in [0.3, 0.4) is 0 Å². The highest BCUT2D eigenvalue weighted by molar-refractivity contribution is 5.59. The lowest BCUT2D eigenvalue weighted by Crippen LogP contribution is -1.94. The second-order valence-electron chi connectivity index (χ2n) is 5.84. The van der Waals surface area contributed by atoms with E-state index in [1.165, 1.54) is 0 Å². The molecule has 1 aromatic heterocycles. The van der Waals surface area contributed by atoms with Gasteiger partial charge >= 0.3 is 0 Å². The number of nitrogens with zero attached hydrogens (tertiary/aromatic N) is 1. The van der Waals surface area contributed by atoms with Gasteiger partial charge in [0.25, 0.3) is 0 Å². The maximum atomic E-state index is 5.89. The summed E-state index contributed by atoms with van der Waals surface area (Å²) in [5.41, 5.74) is 3.20. The zero-order chi connectivity index (χ0) is 17.6. The number of hydrogen-bond acceptors (Lipinski definition) is 3. The standard InChI is InChI=1S/C22H18N2O2/c1-2-4-17(5-3-1)16-25-19-10-12-21(13-11-19)26-20-8-6-18(7-9-20)22-14-15-23-24-22/h1-15H,16H2,(H,23,24). The van der Waals surface area contributed by atoms with Crippen molar-refractivity contribution >= 4 is 0 Å². The van der Waals surface area contributed by atoms with Gasteiger partial charge in [-0.25, -0.2) is 0 Å². The predicted molar refractivity (Wildman–Crippen MR) is 101 cm³/mol. The SMILES string of the molecule is c1ccc(COc2ccc(Oc3ccc(-c4ccn[nH]4)cc3)cc2)cc1. The third-order valence-electron chi connectivity index (χ3n) is 3.97. The number of benzene rings is 3. The van der Waals surface area contributed by atoms with E-state index < -0.39 is 0 Å². The Morgan fingerprint density at radius 2 is 1.35 bits per heavy atom. The van der Waals surface area contributed by atoms with E-state index in [-0.39, 0.29) is 0 Å². The first kappa shape index (κ1) is 16.0. The number of aromatic nitrogens is 2. The molecule has 0 unspecified atom stereocenters. The Morgan fingerprint density at radius 3 is 2.00 bits per heavy atom. The number of hydrogen-bond donors (Lipinski definition) is 1. The Hall–Kier alpha value is -3.53. The summed E-state index contributed by atoms with van der Waals surface area (Å²) in [5.74, 6) is 2.37. The van der Waals surface area contributed by atoms with Crippen molar-refractivity contribution in [3.63, 3.8) is 0 Å². The van der Waals surface area contributed by atoms with E-state index in [0.717, 1.165) is 34.1 Å². The van der Waals surface area contributed by atoms with Gasteiger partial charge in [0.15, 0.2) is 0 Å². The molecule has 0 bridgehead atoms. The molecular formula is C22H18N2O2. The fourth-order valence-electron chi connectivity index (χ4n) is 2.60. The maximum absolute atomic E-state index is 5.89. The van der Waals surface area contributed by atoms with Crippen molar-refractivity contribution in [1.82, 2.24) is 10.2 Å². The van der Waals surface area contributed by atoms with Gasteiger partial charge in [-0.05, 0) is 65.7 Å². The van der Waals surface area contributed by atoms with Crippen molar-refractivity contribution in [1.29, 1.82) is 0 Å². The molecular weight excluding hydrogens is 324 g/mol. The highest BCUT2D eigenvalue weighted by Gasteiger charge is 2.02. The molecule has 128 valence electrons. The zero-order valence-electron chi connectivity index (χ0n) is 14.1. The van der Waals surface area contributed by atoms with E-state index in [4.69, 9.17) is 9.47 Å². The normalized spacial score (nSPS) is 10.5. The summed E-state index contributed by atoms with van der Waals surface area (Å²) in [4.78, 5) is 0. The average molecular weight is 342 g/mol. The smallest absolute Gasteiger partial charge is 0.127 e. The lowest BCUT2D eigenvalue weighted by atomic mass is 10.1. The molecule has 0 radical (unpaired) electrons. The third-order valence-corrected chi connectivity index (χ3v) is 3.97. The molecule has 0 saturated heterocycles. The average Bonchev–Trinajstić information content (AvgIpc) is 3.24. The Kier molecular flexibility index (Phi) is 4.65. The summed E-state index contributed by atoms with van der Waals surface area (Å²) in [6.07, 6.45) is 1.74. The third kappa shape index (κ3) is 3.92. The van der Waals surface area contributed by atoms with Gasteiger partial charge in [0.05, 0.1) is 5.69 Å². The van der Waals surface area contributed by atoms with Crippen molar-refractivity contribution in [2.24, 2.45) is 0 Å². The molecule has 0 saturated carbocycles. The first-order chi connectivity index (χ1) is 12.9. The number of nitrogens with one attached hydrogen (secondary N) is 1. The van der Waals surface area contributed by atoms with E-state index >= 15 is 0 Å². The van der Waals surface area contributed by atoms with Gasteiger partial charge in [-0.1, -0.05) is 30.3 Å². The summed E-state index contributed by atoms with van der Waals surface area (Å²) in [6, 6.07) is 27.6. The molecule has 4 nitrogen and oxygen atoms in total. The van der Waals surface area contributed by atoms with Crippen molar-refractivity contribution in [3.05, 3.63) is 96.7 Å². The summed E-state index contributed by atoms with van der Waals surface area (Å²) in [6.45, 7) is 0.552. The van der Waals surface area contributed by atoms with Crippen LogP contribution in [0.2, 0.25) is 0 Å². The van der Waals surface area contributed by atoms with Gasteiger partial charge in [0.2, 0.25) is 0 Å². The molecule has 0 amide bonds. The molecule has 0 aliphatic rings. The number of aromatic amines is 1. The maximum Gasteiger partial charge on any atom is 0.127 e. The number of H-pyrrole nitrogens is 1. The predicted octanol–water partition coefficient (Wildman–Crippen LogP) is 5.45. The van der Waals surface area contributed by atoms with Gasteiger partial charge < -0.3 is 9.47 Å². The monoisotopic (exact) mass is 342 g/mol. The van der Waals surface area contributed by atoms with Crippen LogP contribution in [0, 0.1) is 0 Å². The summed E-state index contributed by atoms with van der Waals surface area (Å²) in [5, 5.41) is 6.91. The minimum Gasteiger partial charge on any atom is -0.489 e. The van der Waals surface area contributed by atoms with Crippen molar-refractivity contribution < 1.29 is 9.47 Å². The van der Waals surface area contributed by atoms with E-state index in [2.05, 4.69) is 10.2 Å². The highest BCUT2D eigenvalue weighted by atomic mass is 16.5. The minimum absolute atomic E-state index is 0.552. The van der Waals surface area contributed by atoms with Crippen LogP contribution in [0.1, 0.15) is 5.56 Å². The van der Waals surface area contributed by atoms with Crippen LogP contribution >= 0.6 is 0 Å². The Bertz CT molecular complexity index is 932. The molecule has 4 aromatic rings. The van der Waals surface area contributed by atoms with Crippen molar-refractivity contribution in [3.8, 4) is 28.5 Å². The van der Waals surface area contributed by atoms with Gasteiger partial charge in [-0.3, -0.25) is 5.10 Å². The lowest BCUT2D eigenvalue weighted by Gasteiger charge is -2.09. The molecule has 0 aliphatic carbocycles. The molecule has 4 rings (SSSR count). The van der Waals surface area contributed by atoms with Crippen LogP contribution in [0.15, 0.2) is 91.1 Å². The largest absolute Gasteiger partial charge is 0.489 e. The topological polar surface area (TPSA) is 47.1 Å². The molecule has 1 N–H and O–H groups in total. The van der Waals surface area contributed by atoms with E-state index in [1.54, 1.807) is 6.20 Å². The molecule has 4 heteroatoms. The first-order valence-corrected chi connectivity index (χ1v) is 8.41. The molecule has 0 fully saturated rings. The highest BCUT2D eigenvalue weighted by Crippen LogP contribution is 2.26. The van der Waals surface area contributed by atoms with Crippen LogP contribution in [-0.2, 0) is 6.61 Å². The summed E-state index contributed by atoms with van der Waals surface area (Å²) >= 11 is 0. The minimum atomic E-state index is 0.552. The fraction of sp³-hybridized carbons (Fsp3) is 0.0455. The van der Waals surface area contributed by atoms with Crippen molar-refractivity contribution in [2.75, 3.05) is 0 Å². The van der Waals surface area contributed by atoms with Gasteiger partial charge in [0, 0.05) is 6.20 Å². The quantitative estimate of drug-likeness (QED) is 0.507. The Balaban J connectivity index is 1.36. The Morgan fingerprint density at radius 1 is 0.692 bits per heavy atom. The number of ether oxygens (including phenoxy) is 2. The molecule has 3 aromatic carbocycles. The van der Waals surface area contributed by atoms with Crippen LogP contribution in [-0.4, -0.2) is 10.2 Å². The molecule has 0 aliphatic heterocycles. The van der Waals surface area contributed by atoms with E-state index in [9.17, 15) is 0 Å². The van der Waals surface area contributed by atoms with Gasteiger partial charge in [-0.15, -0.1) is 0 Å². The second-order valence-corrected chi connectivity index (χ2v) is 5.84. The van der Waals surface area contributed by atoms with Crippen LogP contribution in [0.25, 0.3) is 11.3 Å². The summed E-state index contributed by atoms with van der Waals surface area (Å²) in [7, 11) is 0. The Labute approximate surface area is 152 Å². The van der Waals surface area contributed by atoms with Crippen LogP contribution in [0.4, 0.5) is 0 Å². The molecule has 1 heterocycles. The molecule has 0 atom stereocenters. The first-order valence-electron chi connectivity index (χ1n) is 8.41. The molecule has 26 heavy (non-hydrogen) atoms. The van der Waals surface area contributed by atoms with E-state index in [1.807, 2.05) is 84.9 Å². The van der Waals surface area contributed by atoms with Crippen LogP contribution in [0.5, 0.6) is 17.2 Å². The zero-order valence-corrected chi connectivity index (χ0v) is 14.1. The van der Waals surface area contributed by atoms with Crippen LogP contribution < -0.4 is 9.47 Å². The fourth-order valence-corrected chi connectivity index (χ4v) is 2.60. The second kappa shape index (κ2) is 7.57. The number of rotatable bonds is 6. The summed E-state index contributed by atoms with van der Waals surface area (Å²) < 4.78 is 11.7.